The number of carboxylic acid groups (broad SMARTS) is 1. The van der Waals surface area contributed by atoms with Crippen molar-refractivity contribution in [2.45, 2.75) is 96.3 Å². The number of imidazole rings is 2. The molecule has 3 aromatic carbocycles. The second kappa shape index (κ2) is 19.0. The van der Waals surface area contributed by atoms with Crippen molar-refractivity contribution in [1.29, 1.82) is 0 Å². The van der Waals surface area contributed by atoms with E-state index >= 15 is 0 Å². The highest BCUT2D eigenvalue weighted by Crippen LogP contribution is 2.41. The molecule has 5 heterocycles. The van der Waals surface area contributed by atoms with Crippen LogP contribution in [0.3, 0.4) is 0 Å². The smallest absolute Gasteiger partial charge is 0.407 e. The summed E-state index contributed by atoms with van der Waals surface area (Å²) in [5, 5.41) is 14.5. The quantitative estimate of drug-likeness (QED) is 0.0714. The zero-order valence-electron chi connectivity index (χ0n) is 38.7. The first-order chi connectivity index (χ1) is 32.4. The van der Waals surface area contributed by atoms with Crippen molar-refractivity contribution < 1.29 is 29.0 Å². The Morgan fingerprint density at radius 1 is 0.627 bits per heavy atom. The normalized spacial score (nSPS) is 18.1. The van der Waals surface area contributed by atoms with Crippen molar-refractivity contribution in [3.8, 4) is 50.7 Å². The average molecular weight is 906 g/mol. The van der Waals surface area contributed by atoms with E-state index in [2.05, 4.69) is 110 Å². The lowest BCUT2D eigenvalue weighted by Crippen LogP contribution is -2.51. The largest absolute Gasteiger partial charge is 0.465 e. The zero-order valence-corrected chi connectivity index (χ0v) is 38.7. The Hall–Kier alpha value is -7.16. The number of hydrogen-bond acceptors (Lipinski definition) is 7. The molecule has 6 aromatic rings. The van der Waals surface area contributed by atoms with E-state index in [-0.39, 0.29) is 35.7 Å². The molecule has 2 saturated heterocycles. The van der Waals surface area contributed by atoms with E-state index in [1.807, 2.05) is 45.0 Å². The minimum absolute atomic E-state index is 0.118. The van der Waals surface area contributed by atoms with Crippen molar-refractivity contribution in [1.82, 2.24) is 44.9 Å². The van der Waals surface area contributed by atoms with E-state index in [0.29, 0.717) is 24.8 Å². The van der Waals surface area contributed by atoms with Crippen molar-refractivity contribution in [3.05, 3.63) is 115 Å². The van der Waals surface area contributed by atoms with Crippen molar-refractivity contribution in [2.24, 2.45) is 11.8 Å². The minimum atomic E-state index is -1.21. The number of nitrogens with one attached hydrogen (secondary N) is 4. The molecule has 67 heavy (non-hydrogen) atoms. The number of hydrogen-bond donors (Lipinski definition) is 5. The Morgan fingerprint density at radius 2 is 1.07 bits per heavy atom. The molecule has 15 nitrogen and oxygen atoms in total. The third-order valence-corrected chi connectivity index (χ3v) is 13.5. The first kappa shape index (κ1) is 45.0. The zero-order chi connectivity index (χ0) is 46.9. The highest BCUT2D eigenvalue weighted by molar-refractivity contribution is 5.87. The Bertz CT molecular complexity index is 2730. The number of alkyl carbamates (subject to hydrolysis) is 1. The van der Waals surface area contributed by atoms with Crippen molar-refractivity contribution >= 4 is 24.0 Å². The molecular weight excluding hydrogens is 847 g/mol. The molecule has 348 valence electrons. The molecule has 3 aliphatic rings. The monoisotopic (exact) mass is 905 g/mol. The van der Waals surface area contributed by atoms with Crippen molar-refractivity contribution in [2.75, 3.05) is 20.2 Å². The van der Waals surface area contributed by atoms with Gasteiger partial charge in [0.2, 0.25) is 11.8 Å². The number of carbonyl (C=O) groups excluding carboxylic acids is 3. The van der Waals surface area contributed by atoms with E-state index in [0.717, 1.165) is 82.2 Å². The molecule has 9 rings (SSSR count). The topological polar surface area (TPSA) is 191 Å². The van der Waals surface area contributed by atoms with Gasteiger partial charge in [0.05, 0.1) is 42.0 Å². The number of aromatic amines is 2. The molecule has 2 aliphatic heterocycles. The summed E-state index contributed by atoms with van der Waals surface area (Å²) in [6.07, 6.45) is 7.55. The van der Waals surface area contributed by atoms with E-state index in [4.69, 9.17) is 14.7 Å². The summed E-state index contributed by atoms with van der Waals surface area (Å²) in [7, 11) is 1.29. The number of carbonyl (C=O) groups is 4. The molecule has 0 spiro atoms. The predicted octanol–water partition coefficient (Wildman–Crippen LogP) is 9.47. The molecule has 1 saturated carbocycles. The molecule has 3 fully saturated rings. The molecule has 0 bridgehead atoms. The summed E-state index contributed by atoms with van der Waals surface area (Å²) in [5.74, 6) is 1.36. The van der Waals surface area contributed by atoms with Gasteiger partial charge in [0.1, 0.15) is 23.7 Å². The van der Waals surface area contributed by atoms with Gasteiger partial charge < -0.3 is 44.8 Å². The highest BCUT2D eigenvalue weighted by atomic mass is 16.5. The Kier molecular flexibility index (Phi) is 12.8. The third-order valence-electron chi connectivity index (χ3n) is 13.5. The maximum Gasteiger partial charge on any atom is 0.407 e. The fourth-order valence-corrected chi connectivity index (χ4v) is 9.74. The molecule has 5 N–H and O–H groups in total. The van der Waals surface area contributed by atoms with Gasteiger partial charge in [-0.15, -0.1) is 0 Å². The van der Waals surface area contributed by atoms with Crippen LogP contribution in [0.1, 0.15) is 101 Å². The minimum Gasteiger partial charge on any atom is -0.465 e. The van der Waals surface area contributed by atoms with Crippen LogP contribution in [-0.2, 0) is 14.3 Å². The number of likely N-dealkylation sites (tertiary alicyclic amines) is 2. The van der Waals surface area contributed by atoms with Gasteiger partial charge in [-0.25, -0.2) is 19.6 Å². The van der Waals surface area contributed by atoms with Gasteiger partial charge in [0.25, 0.3) is 0 Å². The van der Waals surface area contributed by atoms with Crippen molar-refractivity contribution in [3.63, 3.8) is 0 Å². The molecule has 4 amide bonds. The Morgan fingerprint density at radius 3 is 1.49 bits per heavy atom. The summed E-state index contributed by atoms with van der Waals surface area (Å²) in [4.78, 5) is 71.0. The summed E-state index contributed by atoms with van der Waals surface area (Å²) in [6.45, 7) is 8.62. The predicted molar refractivity (Wildman–Crippen MR) is 255 cm³/mol. The van der Waals surface area contributed by atoms with Crippen LogP contribution in [-0.4, -0.2) is 95.7 Å². The number of methoxy groups -OCH3 is 1. The van der Waals surface area contributed by atoms with Crippen LogP contribution >= 0.6 is 0 Å². The standard InChI is InChI=1S/C52H59N9O6/c1-30(2)45(57-51(64)65)49(62)59-26-6-8-43(59)47-53-28-39(55-47)34-12-16-36(17-13-34)41-24-25-42(61(41)38-22-20-33(21-23-38)32-10-11-32)37-18-14-35(15-19-37)40-29-54-48(56-40)44-9-7-27-60(44)50(63)46(31(3)4)58-52(66)67-5/h12-25,28-32,43-46,57H,6-11,26-27H2,1-5H3,(H,53,55)(H,54,56)(H,58,66)(H,64,65)/t43-,44-,45-,46-/m0/s1. The third kappa shape index (κ3) is 9.32. The average Bonchev–Trinajstić information content (AvgIpc) is 3.95. The summed E-state index contributed by atoms with van der Waals surface area (Å²) in [5.41, 5.74) is 10.0. The van der Waals surface area contributed by atoms with Gasteiger partial charge in [-0.05, 0) is 97.2 Å². The van der Waals surface area contributed by atoms with Gasteiger partial charge in [-0.2, -0.15) is 0 Å². The molecule has 0 radical (unpaired) electrons. The van der Waals surface area contributed by atoms with Crippen LogP contribution < -0.4 is 10.6 Å². The fourth-order valence-electron chi connectivity index (χ4n) is 9.74. The van der Waals surface area contributed by atoms with Crippen LogP contribution in [0.5, 0.6) is 0 Å². The summed E-state index contributed by atoms with van der Waals surface area (Å²) < 4.78 is 7.10. The van der Waals surface area contributed by atoms with E-state index < -0.39 is 24.3 Å². The lowest BCUT2D eigenvalue weighted by molar-refractivity contribution is -0.136. The fraction of sp³-hybridized carbons (Fsp3) is 0.385. The maximum atomic E-state index is 13.7. The first-order valence-electron chi connectivity index (χ1n) is 23.5. The van der Waals surface area contributed by atoms with Crippen LogP contribution in [0.15, 0.2) is 97.3 Å². The number of nitrogens with zero attached hydrogens (tertiary/aromatic N) is 5. The number of H-pyrrole nitrogens is 2. The van der Waals surface area contributed by atoms with Gasteiger partial charge in [0, 0.05) is 42.3 Å². The van der Waals surface area contributed by atoms with E-state index in [1.165, 1.54) is 25.5 Å². The lowest BCUT2D eigenvalue weighted by atomic mass is 10.0. The molecule has 3 aromatic heterocycles. The van der Waals surface area contributed by atoms with E-state index in [1.54, 1.807) is 4.90 Å². The second-order valence-corrected chi connectivity index (χ2v) is 18.7. The number of amides is 4. The number of aromatic nitrogens is 5. The molecular formula is C52H59N9O6. The maximum absolute atomic E-state index is 13.7. The lowest BCUT2D eigenvalue weighted by Gasteiger charge is -2.29. The van der Waals surface area contributed by atoms with Gasteiger partial charge in [-0.1, -0.05) is 88.4 Å². The number of rotatable bonds is 14. The molecule has 15 heteroatoms. The van der Waals surface area contributed by atoms with E-state index in [9.17, 15) is 24.3 Å². The summed E-state index contributed by atoms with van der Waals surface area (Å²) in [6, 6.07) is 28.0. The molecule has 1 aliphatic carbocycles. The van der Waals surface area contributed by atoms with Crippen LogP contribution in [0.2, 0.25) is 0 Å². The first-order valence-corrected chi connectivity index (χ1v) is 23.5. The SMILES string of the molecule is COC(=O)N[C@H](C(=O)N1CCC[C@H]1c1nc(-c2ccc(-c3ccc(-c4ccc(-c5c[nH]c([C@@H]6CCCN6C(=O)[C@@H](NC(=O)O)C(C)C)n5)cc4)n3-c3ccc(C4CC4)cc3)cc2)c[nH]1)C(C)C. The number of benzene rings is 3. The Labute approximate surface area is 390 Å². The summed E-state index contributed by atoms with van der Waals surface area (Å²) >= 11 is 0. The highest BCUT2D eigenvalue weighted by Gasteiger charge is 2.39. The van der Waals surface area contributed by atoms with Gasteiger partial charge >= 0.3 is 12.2 Å². The van der Waals surface area contributed by atoms with Gasteiger partial charge in [-0.3, -0.25) is 9.59 Å². The number of ether oxygens (including phenoxy) is 1. The van der Waals surface area contributed by atoms with Crippen LogP contribution in [0.25, 0.3) is 50.7 Å². The van der Waals surface area contributed by atoms with Crippen LogP contribution in [0.4, 0.5) is 9.59 Å². The molecule has 4 atom stereocenters. The molecule has 0 unspecified atom stereocenters. The second-order valence-electron chi connectivity index (χ2n) is 18.7. The van der Waals surface area contributed by atoms with Crippen LogP contribution in [0, 0.1) is 11.8 Å². The van der Waals surface area contributed by atoms with Gasteiger partial charge in [0.15, 0.2) is 0 Å². The Balaban J connectivity index is 0.955.